The van der Waals surface area contributed by atoms with Crippen LogP contribution in [0.2, 0.25) is 10.0 Å². The van der Waals surface area contributed by atoms with Gasteiger partial charge in [-0.2, -0.15) is 22.9 Å². The first-order valence-electron chi connectivity index (χ1n) is 7.11. The molecule has 0 aliphatic heterocycles. The number of sulfonamides is 2. The number of hydrogen-bond acceptors (Lipinski definition) is 8. The van der Waals surface area contributed by atoms with Gasteiger partial charge in [0.05, 0.1) is 22.6 Å². The number of anilines is 2. The zero-order chi connectivity index (χ0) is 22.3. The SMILES string of the molecule is CS(=O)(=O)N(c1c(C#N)nn(-c2c(Cl)cc(OC(F)F)cc2Cl)c1N)S(C)(=O)=O. The third kappa shape index (κ3) is 4.64. The summed E-state index contributed by atoms with van der Waals surface area (Å²) in [4.78, 5) is 0. The molecule has 16 heteroatoms. The molecule has 0 bridgehead atoms. The van der Waals surface area contributed by atoms with Gasteiger partial charge in [-0.3, -0.25) is 0 Å². The van der Waals surface area contributed by atoms with Crippen LogP contribution in [0.1, 0.15) is 5.69 Å². The number of nitriles is 1. The Morgan fingerprint density at radius 1 is 1.21 bits per heavy atom. The molecule has 0 radical (unpaired) electrons. The number of ether oxygens (including phenoxy) is 1. The standard InChI is InChI=1S/C13H11Cl2F2N5O5S2/c1-28(23,24)22(29(2,25)26)11-9(5-18)20-21(12(11)19)10-7(14)3-6(4-8(10)15)27-13(16)17/h3-4,13H,19H2,1-2H3. The summed E-state index contributed by atoms with van der Waals surface area (Å²) in [6, 6.07) is 3.44. The number of hydrogen-bond donors (Lipinski definition) is 1. The first kappa shape index (κ1) is 22.9. The van der Waals surface area contributed by atoms with Crippen LogP contribution in [-0.2, 0) is 20.0 Å². The Hall–Kier alpha value is -2.34. The fourth-order valence-electron chi connectivity index (χ4n) is 2.34. The number of nitrogen functional groups attached to an aromatic ring is 1. The van der Waals surface area contributed by atoms with Gasteiger partial charge in [0.25, 0.3) is 0 Å². The fraction of sp³-hybridized carbons (Fsp3) is 0.231. The van der Waals surface area contributed by atoms with E-state index in [0.29, 0.717) is 17.2 Å². The number of rotatable bonds is 6. The summed E-state index contributed by atoms with van der Waals surface area (Å²) in [5.74, 6) is -0.997. The second-order valence-corrected chi connectivity index (χ2v) is 10.2. The Labute approximate surface area is 174 Å². The average molecular weight is 490 g/mol. The van der Waals surface area contributed by atoms with Crippen LogP contribution in [-0.4, -0.2) is 45.7 Å². The van der Waals surface area contributed by atoms with Crippen LogP contribution in [0.4, 0.5) is 20.3 Å². The molecule has 29 heavy (non-hydrogen) atoms. The fourth-order valence-corrected chi connectivity index (χ4v) is 5.96. The van der Waals surface area contributed by atoms with Crippen LogP contribution in [0.15, 0.2) is 12.1 Å². The maximum absolute atomic E-state index is 12.4. The summed E-state index contributed by atoms with van der Waals surface area (Å²) in [5.41, 5.74) is 4.24. The molecule has 2 rings (SSSR count). The highest BCUT2D eigenvalue weighted by atomic mass is 35.5. The van der Waals surface area contributed by atoms with Gasteiger partial charge in [0, 0.05) is 12.1 Å². The first-order valence-corrected chi connectivity index (χ1v) is 11.6. The lowest BCUT2D eigenvalue weighted by Gasteiger charge is -2.19. The maximum atomic E-state index is 12.4. The topological polar surface area (TPSA) is 148 Å². The largest absolute Gasteiger partial charge is 0.435 e. The lowest BCUT2D eigenvalue weighted by molar-refractivity contribution is -0.0498. The van der Waals surface area contributed by atoms with Gasteiger partial charge in [0.2, 0.25) is 20.0 Å². The summed E-state index contributed by atoms with van der Waals surface area (Å²) in [5, 5.41) is 12.5. The number of aromatic nitrogens is 2. The number of alkyl halides is 2. The molecule has 2 aromatic rings. The zero-order valence-corrected chi connectivity index (χ0v) is 17.6. The molecular weight excluding hydrogens is 479 g/mol. The van der Waals surface area contributed by atoms with E-state index in [1.807, 2.05) is 0 Å². The Morgan fingerprint density at radius 2 is 1.69 bits per heavy atom. The Balaban J connectivity index is 2.82. The van der Waals surface area contributed by atoms with Crippen LogP contribution in [0.5, 0.6) is 5.75 Å². The van der Waals surface area contributed by atoms with Crippen molar-refractivity contribution < 1.29 is 30.4 Å². The van der Waals surface area contributed by atoms with E-state index in [-0.39, 0.29) is 25.2 Å². The van der Waals surface area contributed by atoms with E-state index in [2.05, 4.69) is 9.84 Å². The monoisotopic (exact) mass is 489 g/mol. The molecule has 10 nitrogen and oxygen atoms in total. The molecule has 0 unspecified atom stereocenters. The minimum Gasteiger partial charge on any atom is -0.435 e. The van der Waals surface area contributed by atoms with Crippen molar-refractivity contribution in [3.05, 3.63) is 27.9 Å². The Kier molecular flexibility index (Phi) is 6.19. The van der Waals surface area contributed by atoms with Crippen LogP contribution in [0, 0.1) is 11.3 Å². The van der Waals surface area contributed by atoms with E-state index in [9.17, 15) is 30.9 Å². The minimum absolute atomic E-state index is 0.0620. The van der Waals surface area contributed by atoms with Crippen LogP contribution >= 0.6 is 23.2 Å². The molecule has 158 valence electrons. The molecule has 0 spiro atoms. The normalized spacial score (nSPS) is 12.1. The summed E-state index contributed by atoms with van der Waals surface area (Å²) in [6.07, 6.45) is 1.17. The van der Waals surface area contributed by atoms with Crippen LogP contribution in [0.25, 0.3) is 5.69 Å². The van der Waals surface area contributed by atoms with Gasteiger partial charge in [0.15, 0.2) is 11.5 Å². The predicted octanol–water partition coefficient (Wildman–Crippen LogP) is 1.96. The van der Waals surface area contributed by atoms with E-state index < -0.39 is 43.9 Å². The van der Waals surface area contributed by atoms with Crippen molar-refractivity contribution in [2.24, 2.45) is 0 Å². The molecule has 0 amide bonds. The highest BCUT2D eigenvalue weighted by Gasteiger charge is 2.35. The molecule has 0 saturated heterocycles. The van der Waals surface area contributed by atoms with E-state index in [4.69, 9.17) is 28.9 Å². The van der Waals surface area contributed by atoms with Crippen LogP contribution < -0.4 is 14.2 Å². The molecule has 1 aromatic heterocycles. The van der Waals surface area contributed by atoms with Crippen molar-refractivity contribution in [1.29, 1.82) is 5.26 Å². The van der Waals surface area contributed by atoms with Gasteiger partial charge in [0.1, 0.15) is 23.2 Å². The molecule has 2 N–H and O–H groups in total. The molecule has 0 fully saturated rings. The minimum atomic E-state index is -4.45. The van der Waals surface area contributed by atoms with Gasteiger partial charge in [-0.25, -0.2) is 21.5 Å². The Morgan fingerprint density at radius 3 is 2.07 bits per heavy atom. The van der Waals surface area contributed by atoms with Crippen molar-refractivity contribution in [3.8, 4) is 17.5 Å². The van der Waals surface area contributed by atoms with Crippen LogP contribution in [0.3, 0.4) is 0 Å². The number of halogens is 4. The van der Waals surface area contributed by atoms with Gasteiger partial charge < -0.3 is 10.5 Å². The van der Waals surface area contributed by atoms with Crippen molar-refractivity contribution in [2.75, 3.05) is 22.0 Å². The third-order valence-electron chi connectivity index (χ3n) is 3.21. The van der Waals surface area contributed by atoms with E-state index in [0.717, 1.165) is 12.1 Å². The quantitative estimate of drug-likeness (QED) is 0.646. The smallest absolute Gasteiger partial charge is 0.387 e. The molecular formula is C13H11Cl2F2N5O5S2. The molecule has 1 heterocycles. The van der Waals surface area contributed by atoms with Crippen molar-refractivity contribution in [2.45, 2.75) is 6.61 Å². The number of benzene rings is 1. The second-order valence-electron chi connectivity index (χ2n) is 5.44. The summed E-state index contributed by atoms with van der Waals surface area (Å²) in [6.45, 7) is -3.15. The number of nitrogens with two attached hydrogens (primary N) is 1. The number of nitrogens with zero attached hydrogens (tertiary/aromatic N) is 4. The highest BCUT2D eigenvalue weighted by molar-refractivity contribution is 8.09. The second kappa shape index (κ2) is 7.82. The van der Waals surface area contributed by atoms with Gasteiger partial charge in [-0.15, -0.1) is 0 Å². The summed E-state index contributed by atoms with van der Waals surface area (Å²) >= 11 is 12.1. The molecule has 0 atom stereocenters. The first-order chi connectivity index (χ1) is 13.2. The van der Waals surface area contributed by atoms with E-state index >= 15 is 0 Å². The van der Waals surface area contributed by atoms with Crippen molar-refractivity contribution >= 4 is 54.8 Å². The Bertz CT molecular complexity index is 1170. The highest BCUT2D eigenvalue weighted by Crippen LogP contribution is 2.39. The summed E-state index contributed by atoms with van der Waals surface area (Å²) in [7, 11) is -8.90. The third-order valence-corrected chi connectivity index (χ3v) is 6.98. The molecule has 1 aromatic carbocycles. The predicted molar refractivity (Wildman–Crippen MR) is 102 cm³/mol. The van der Waals surface area contributed by atoms with E-state index in [1.165, 1.54) is 6.07 Å². The van der Waals surface area contributed by atoms with Gasteiger partial charge >= 0.3 is 6.61 Å². The van der Waals surface area contributed by atoms with Crippen molar-refractivity contribution in [3.63, 3.8) is 0 Å². The maximum Gasteiger partial charge on any atom is 0.387 e. The lowest BCUT2D eigenvalue weighted by Crippen LogP contribution is -2.36. The van der Waals surface area contributed by atoms with E-state index in [1.54, 1.807) is 0 Å². The molecule has 0 saturated carbocycles. The summed E-state index contributed by atoms with van der Waals surface area (Å²) < 4.78 is 77.7. The van der Waals surface area contributed by atoms with Gasteiger partial charge in [-0.1, -0.05) is 23.2 Å². The molecule has 0 aliphatic rings. The van der Waals surface area contributed by atoms with Crippen molar-refractivity contribution in [1.82, 2.24) is 9.78 Å². The lowest BCUT2D eigenvalue weighted by atomic mass is 10.3. The zero-order valence-electron chi connectivity index (χ0n) is 14.5. The molecule has 0 aliphatic carbocycles. The average Bonchev–Trinajstić information content (AvgIpc) is 2.80. The van der Waals surface area contributed by atoms with Gasteiger partial charge in [-0.05, 0) is 0 Å².